The summed E-state index contributed by atoms with van der Waals surface area (Å²) in [5.41, 5.74) is 0. The molecule has 6 nitrogen and oxygen atoms in total. The summed E-state index contributed by atoms with van der Waals surface area (Å²) in [5, 5.41) is 0. The summed E-state index contributed by atoms with van der Waals surface area (Å²) in [7, 11) is 0. The van der Waals surface area contributed by atoms with E-state index in [1.165, 1.54) is 238 Å². The minimum Gasteiger partial charge on any atom is -0.462 e. The Hall–Kier alpha value is -2.11. The van der Waals surface area contributed by atoms with Crippen LogP contribution in [0.4, 0.5) is 0 Å². The van der Waals surface area contributed by atoms with E-state index in [9.17, 15) is 14.4 Å². The molecule has 0 spiro atoms. The quantitative estimate of drug-likeness (QED) is 0.0261. The summed E-state index contributed by atoms with van der Waals surface area (Å²) < 4.78 is 16.7. The molecular weight excluding hydrogens is 865 g/mol. The van der Waals surface area contributed by atoms with Gasteiger partial charge in [0.25, 0.3) is 0 Å². The smallest absolute Gasteiger partial charge is 0.306 e. The third kappa shape index (κ3) is 56.8. The van der Waals surface area contributed by atoms with Crippen molar-refractivity contribution < 1.29 is 28.6 Å². The molecule has 0 fully saturated rings. The fourth-order valence-electron chi connectivity index (χ4n) is 9.44. The van der Waals surface area contributed by atoms with Crippen LogP contribution in [-0.2, 0) is 28.6 Å². The topological polar surface area (TPSA) is 78.9 Å². The van der Waals surface area contributed by atoms with E-state index in [2.05, 4.69) is 45.1 Å². The predicted octanol–water partition coefficient (Wildman–Crippen LogP) is 21.1. The molecule has 70 heavy (non-hydrogen) atoms. The minimum atomic E-state index is -0.768. The third-order valence-corrected chi connectivity index (χ3v) is 14.2. The average Bonchev–Trinajstić information content (AvgIpc) is 3.36. The second kappa shape index (κ2) is 59.5. The van der Waals surface area contributed by atoms with Gasteiger partial charge in [0.2, 0.25) is 0 Å². The molecule has 0 aliphatic carbocycles. The Kier molecular flexibility index (Phi) is 57.7. The summed E-state index contributed by atoms with van der Waals surface area (Å²) in [4.78, 5) is 37.8. The van der Waals surface area contributed by atoms with Crippen molar-refractivity contribution in [1.29, 1.82) is 0 Å². The molecule has 0 aromatic carbocycles. The van der Waals surface area contributed by atoms with Gasteiger partial charge >= 0.3 is 17.9 Å². The second-order valence-electron chi connectivity index (χ2n) is 21.3. The predicted molar refractivity (Wildman–Crippen MR) is 303 cm³/mol. The van der Waals surface area contributed by atoms with Gasteiger partial charge < -0.3 is 14.2 Å². The first-order valence-electron chi connectivity index (χ1n) is 31.3. The zero-order valence-corrected chi connectivity index (χ0v) is 47.3. The van der Waals surface area contributed by atoms with E-state index in [4.69, 9.17) is 14.2 Å². The Morgan fingerprint density at radius 1 is 0.271 bits per heavy atom. The van der Waals surface area contributed by atoms with Crippen LogP contribution < -0.4 is 0 Å². The average molecular weight is 986 g/mol. The molecule has 0 aliphatic heterocycles. The molecule has 0 aromatic rings. The van der Waals surface area contributed by atoms with Crippen LogP contribution >= 0.6 is 0 Å². The molecule has 0 radical (unpaired) electrons. The van der Waals surface area contributed by atoms with E-state index >= 15 is 0 Å². The van der Waals surface area contributed by atoms with Gasteiger partial charge in [-0.3, -0.25) is 14.4 Å². The summed E-state index contributed by atoms with van der Waals surface area (Å²) in [5.74, 6) is -0.874. The first-order chi connectivity index (χ1) is 34.5. The van der Waals surface area contributed by atoms with Crippen LogP contribution in [0.3, 0.4) is 0 Å². The SMILES string of the molecule is CCCCCCCCC/C=C\CCCCCCCC(=O)OC(COC(=O)CCCCCCC)COC(=O)CCCCCCCCCCCCCCCCCCCCC/C=C\CCCCCCCCCC. The van der Waals surface area contributed by atoms with Crippen molar-refractivity contribution in [2.24, 2.45) is 0 Å². The van der Waals surface area contributed by atoms with Gasteiger partial charge in [0.15, 0.2) is 6.10 Å². The van der Waals surface area contributed by atoms with E-state index in [-0.39, 0.29) is 31.1 Å². The number of hydrogen-bond donors (Lipinski definition) is 0. The fourth-order valence-corrected chi connectivity index (χ4v) is 9.44. The van der Waals surface area contributed by atoms with Crippen LogP contribution in [0.5, 0.6) is 0 Å². The molecule has 0 saturated carbocycles. The molecule has 0 heterocycles. The minimum absolute atomic E-state index is 0.0705. The highest BCUT2D eigenvalue weighted by Gasteiger charge is 2.19. The largest absolute Gasteiger partial charge is 0.462 e. The highest BCUT2D eigenvalue weighted by Crippen LogP contribution is 2.17. The van der Waals surface area contributed by atoms with Crippen molar-refractivity contribution in [2.75, 3.05) is 13.2 Å². The number of allylic oxidation sites excluding steroid dienone is 4. The van der Waals surface area contributed by atoms with Gasteiger partial charge in [0, 0.05) is 19.3 Å². The Labute approximate surface area is 436 Å². The van der Waals surface area contributed by atoms with Gasteiger partial charge in [0.1, 0.15) is 13.2 Å². The summed E-state index contributed by atoms with van der Waals surface area (Å²) in [6.45, 7) is 6.59. The Morgan fingerprint density at radius 3 is 0.714 bits per heavy atom. The number of carbonyl (C=O) groups is 3. The molecule has 0 aromatic heterocycles. The Bertz CT molecular complexity index is 1130. The van der Waals surface area contributed by atoms with Gasteiger partial charge in [-0.2, -0.15) is 0 Å². The Morgan fingerprint density at radius 2 is 0.471 bits per heavy atom. The van der Waals surface area contributed by atoms with E-state index in [1.807, 2.05) is 0 Å². The zero-order valence-electron chi connectivity index (χ0n) is 47.3. The van der Waals surface area contributed by atoms with E-state index in [0.29, 0.717) is 19.3 Å². The Balaban J connectivity index is 3.91. The summed E-state index contributed by atoms with van der Waals surface area (Å²) in [6, 6.07) is 0. The second-order valence-corrected chi connectivity index (χ2v) is 21.3. The monoisotopic (exact) mass is 985 g/mol. The van der Waals surface area contributed by atoms with Crippen molar-refractivity contribution in [2.45, 2.75) is 354 Å². The van der Waals surface area contributed by atoms with Gasteiger partial charge in [-0.1, -0.05) is 283 Å². The molecule has 412 valence electrons. The molecule has 0 N–H and O–H groups in total. The molecule has 0 rings (SSSR count). The molecule has 0 amide bonds. The molecule has 0 saturated heterocycles. The van der Waals surface area contributed by atoms with Crippen LogP contribution in [0.25, 0.3) is 0 Å². The zero-order chi connectivity index (χ0) is 50.7. The van der Waals surface area contributed by atoms with Crippen LogP contribution in [0.1, 0.15) is 348 Å². The van der Waals surface area contributed by atoms with E-state index in [1.54, 1.807) is 0 Å². The van der Waals surface area contributed by atoms with Gasteiger partial charge in [0.05, 0.1) is 0 Å². The maximum atomic E-state index is 12.8. The molecule has 6 heteroatoms. The highest BCUT2D eigenvalue weighted by molar-refractivity contribution is 5.71. The number of carbonyl (C=O) groups excluding carboxylic acids is 3. The number of unbranched alkanes of at least 4 members (excludes halogenated alkanes) is 43. The van der Waals surface area contributed by atoms with Crippen LogP contribution in [0, 0.1) is 0 Å². The molecule has 1 unspecified atom stereocenters. The third-order valence-electron chi connectivity index (χ3n) is 14.2. The van der Waals surface area contributed by atoms with E-state index in [0.717, 1.165) is 70.6 Å². The molecular formula is C64H120O6. The van der Waals surface area contributed by atoms with Crippen molar-refractivity contribution >= 4 is 17.9 Å². The van der Waals surface area contributed by atoms with Crippen LogP contribution in [0.2, 0.25) is 0 Å². The van der Waals surface area contributed by atoms with Crippen molar-refractivity contribution in [3.8, 4) is 0 Å². The lowest BCUT2D eigenvalue weighted by Crippen LogP contribution is -2.30. The summed E-state index contributed by atoms with van der Waals surface area (Å²) >= 11 is 0. The van der Waals surface area contributed by atoms with Gasteiger partial charge in [-0.05, 0) is 70.6 Å². The molecule has 0 bridgehead atoms. The highest BCUT2D eigenvalue weighted by atomic mass is 16.6. The number of esters is 3. The van der Waals surface area contributed by atoms with Crippen molar-refractivity contribution in [3.63, 3.8) is 0 Å². The lowest BCUT2D eigenvalue weighted by atomic mass is 10.0. The lowest BCUT2D eigenvalue weighted by molar-refractivity contribution is -0.167. The lowest BCUT2D eigenvalue weighted by Gasteiger charge is -2.18. The van der Waals surface area contributed by atoms with Gasteiger partial charge in [-0.15, -0.1) is 0 Å². The number of ether oxygens (including phenoxy) is 3. The normalized spacial score (nSPS) is 12.1. The first-order valence-corrected chi connectivity index (χ1v) is 31.3. The molecule has 0 aliphatic rings. The first kappa shape index (κ1) is 67.9. The number of hydrogen-bond acceptors (Lipinski definition) is 6. The number of rotatable bonds is 58. The summed E-state index contributed by atoms with van der Waals surface area (Å²) in [6.07, 6.45) is 71.1. The van der Waals surface area contributed by atoms with Crippen LogP contribution in [0.15, 0.2) is 24.3 Å². The van der Waals surface area contributed by atoms with E-state index < -0.39 is 6.10 Å². The standard InChI is InChI=1S/C64H120O6/c1-4-7-10-13-15-17-19-21-23-25-26-27-28-29-30-31-32-33-34-35-36-37-38-39-41-42-44-46-48-51-54-57-63(66)69-60-61(59-68-62(65)56-53-50-12-9-6-3)70-64(67)58-55-52-49-47-45-43-40-24-22-20-18-16-14-11-8-5-2/h24-26,40,61H,4-23,27-39,41-60H2,1-3H3/b26-25-,40-24-. The van der Waals surface area contributed by atoms with Crippen molar-refractivity contribution in [3.05, 3.63) is 24.3 Å². The maximum absolute atomic E-state index is 12.8. The fraction of sp³-hybridized carbons (Fsp3) is 0.891. The van der Waals surface area contributed by atoms with Crippen molar-refractivity contribution in [1.82, 2.24) is 0 Å². The van der Waals surface area contributed by atoms with Gasteiger partial charge in [-0.25, -0.2) is 0 Å². The maximum Gasteiger partial charge on any atom is 0.306 e. The molecule has 1 atom stereocenters. The van der Waals surface area contributed by atoms with Crippen LogP contribution in [-0.4, -0.2) is 37.2 Å².